The lowest BCUT2D eigenvalue weighted by atomic mass is 10.1. The molecule has 1 aromatic carbocycles. The monoisotopic (exact) mass is 293 g/mol. The van der Waals surface area contributed by atoms with Crippen molar-refractivity contribution >= 4 is 17.9 Å². The molecule has 0 saturated carbocycles. The number of nitrogens with one attached hydrogen (secondary N) is 3. The summed E-state index contributed by atoms with van der Waals surface area (Å²) in [6, 6.07) is 7.72. The zero-order valence-corrected chi connectivity index (χ0v) is 11.8. The molecule has 0 spiro atoms. The van der Waals surface area contributed by atoms with Crippen molar-refractivity contribution in [3.8, 4) is 0 Å². The van der Waals surface area contributed by atoms with E-state index in [9.17, 15) is 14.4 Å². The zero-order valence-electron chi connectivity index (χ0n) is 11.8. The number of carbonyl (C=O) groups excluding carboxylic acids is 2. The lowest BCUT2D eigenvalue weighted by molar-refractivity contribution is -0.139. The van der Waals surface area contributed by atoms with Crippen LogP contribution in [0.3, 0.4) is 0 Å². The first-order chi connectivity index (χ1) is 10.0. The van der Waals surface area contributed by atoms with Gasteiger partial charge in [0.1, 0.15) is 6.04 Å². The molecule has 1 aromatic rings. The Hall–Kier alpha value is -2.57. The van der Waals surface area contributed by atoms with E-state index in [1.54, 1.807) is 0 Å². The molecule has 7 heteroatoms. The summed E-state index contributed by atoms with van der Waals surface area (Å²) in [5, 5.41) is 16.1. The summed E-state index contributed by atoms with van der Waals surface area (Å²) in [4.78, 5) is 33.6. The van der Waals surface area contributed by atoms with Gasteiger partial charge < -0.3 is 21.1 Å². The van der Waals surface area contributed by atoms with Gasteiger partial charge in [0, 0.05) is 7.05 Å². The summed E-state index contributed by atoms with van der Waals surface area (Å²) >= 11 is 0. The van der Waals surface area contributed by atoms with E-state index in [0.717, 1.165) is 5.56 Å². The number of rotatable bonds is 7. The summed E-state index contributed by atoms with van der Waals surface area (Å²) < 4.78 is 0. The van der Waals surface area contributed by atoms with Crippen LogP contribution in [0, 0.1) is 0 Å². The van der Waals surface area contributed by atoms with Crippen LogP contribution < -0.4 is 16.0 Å². The third-order valence-corrected chi connectivity index (χ3v) is 2.86. The SMILES string of the molecule is CNC(=O)CNC(=O)N[C@@H](CCc1ccccc1)C(=O)O. The fourth-order valence-electron chi connectivity index (χ4n) is 1.67. The molecule has 0 aliphatic rings. The molecule has 0 bridgehead atoms. The van der Waals surface area contributed by atoms with Crippen LogP contribution in [0.25, 0.3) is 0 Å². The second-order valence-electron chi connectivity index (χ2n) is 4.42. The normalized spacial score (nSPS) is 11.3. The van der Waals surface area contributed by atoms with Gasteiger partial charge in [-0.15, -0.1) is 0 Å². The second-order valence-corrected chi connectivity index (χ2v) is 4.42. The maximum atomic E-state index is 11.5. The average Bonchev–Trinajstić information content (AvgIpc) is 2.49. The van der Waals surface area contributed by atoms with Crippen molar-refractivity contribution in [1.82, 2.24) is 16.0 Å². The molecule has 0 aromatic heterocycles. The van der Waals surface area contributed by atoms with E-state index < -0.39 is 18.0 Å². The lowest BCUT2D eigenvalue weighted by Gasteiger charge is -2.15. The van der Waals surface area contributed by atoms with Crippen molar-refractivity contribution in [2.24, 2.45) is 0 Å². The van der Waals surface area contributed by atoms with Crippen LogP contribution in [0.15, 0.2) is 30.3 Å². The highest BCUT2D eigenvalue weighted by Crippen LogP contribution is 2.05. The molecule has 0 saturated heterocycles. The number of hydrogen-bond donors (Lipinski definition) is 4. The van der Waals surface area contributed by atoms with Crippen molar-refractivity contribution in [3.63, 3.8) is 0 Å². The molecule has 1 rings (SSSR count). The fraction of sp³-hybridized carbons (Fsp3) is 0.357. The van der Waals surface area contributed by atoms with Crippen LogP contribution in [0.1, 0.15) is 12.0 Å². The van der Waals surface area contributed by atoms with Crippen molar-refractivity contribution < 1.29 is 19.5 Å². The second kappa shape index (κ2) is 8.57. The van der Waals surface area contributed by atoms with Crippen LogP contribution in [-0.4, -0.2) is 42.6 Å². The van der Waals surface area contributed by atoms with Crippen LogP contribution in [-0.2, 0) is 16.0 Å². The molecular weight excluding hydrogens is 274 g/mol. The topological polar surface area (TPSA) is 108 Å². The molecule has 0 aliphatic heterocycles. The highest BCUT2D eigenvalue weighted by atomic mass is 16.4. The Morgan fingerprint density at radius 3 is 2.43 bits per heavy atom. The molecule has 1 atom stereocenters. The first kappa shape index (κ1) is 16.5. The van der Waals surface area contributed by atoms with Gasteiger partial charge in [-0.2, -0.15) is 0 Å². The highest BCUT2D eigenvalue weighted by molar-refractivity contribution is 5.86. The molecule has 4 N–H and O–H groups in total. The molecule has 0 heterocycles. The third kappa shape index (κ3) is 6.42. The van der Waals surface area contributed by atoms with E-state index in [1.165, 1.54) is 7.05 Å². The number of aliphatic carboxylic acids is 1. The van der Waals surface area contributed by atoms with Gasteiger partial charge in [-0.25, -0.2) is 9.59 Å². The van der Waals surface area contributed by atoms with E-state index in [-0.39, 0.29) is 18.9 Å². The smallest absolute Gasteiger partial charge is 0.326 e. The Labute approximate surface area is 122 Å². The minimum atomic E-state index is -1.11. The molecule has 21 heavy (non-hydrogen) atoms. The molecule has 3 amide bonds. The van der Waals surface area contributed by atoms with Crippen LogP contribution in [0.2, 0.25) is 0 Å². The fourth-order valence-corrected chi connectivity index (χ4v) is 1.67. The van der Waals surface area contributed by atoms with E-state index in [0.29, 0.717) is 6.42 Å². The van der Waals surface area contributed by atoms with E-state index in [2.05, 4.69) is 16.0 Å². The van der Waals surface area contributed by atoms with Gasteiger partial charge >= 0.3 is 12.0 Å². The third-order valence-electron chi connectivity index (χ3n) is 2.86. The first-order valence-electron chi connectivity index (χ1n) is 6.54. The number of urea groups is 1. The Kier molecular flexibility index (Phi) is 6.73. The standard InChI is InChI=1S/C14H19N3O4/c1-15-12(18)9-16-14(21)17-11(13(19)20)8-7-10-5-3-2-4-6-10/h2-6,11H,7-9H2,1H3,(H,15,18)(H,19,20)(H2,16,17,21)/t11-/m0/s1. The Bertz CT molecular complexity index is 490. The number of aryl methyl sites for hydroxylation is 1. The van der Waals surface area contributed by atoms with Crippen molar-refractivity contribution in [3.05, 3.63) is 35.9 Å². The maximum Gasteiger partial charge on any atom is 0.326 e. The minimum Gasteiger partial charge on any atom is -0.480 e. The molecule has 0 radical (unpaired) electrons. The Morgan fingerprint density at radius 2 is 1.86 bits per heavy atom. The lowest BCUT2D eigenvalue weighted by Crippen LogP contribution is -2.48. The van der Waals surface area contributed by atoms with Gasteiger partial charge in [0.05, 0.1) is 6.54 Å². The zero-order chi connectivity index (χ0) is 15.7. The Balaban J connectivity index is 2.44. The van der Waals surface area contributed by atoms with Gasteiger partial charge in [-0.1, -0.05) is 30.3 Å². The summed E-state index contributed by atoms with van der Waals surface area (Å²) in [6.45, 7) is -0.201. The molecule has 7 nitrogen and oxygen atoms in total. The van der Waals surface area contributed by atoms with E-state index >= 15 is 0 Å². The summed E-state index contributed by atoms with van der Waals surface area (Å²) in [7, 11) is 1.45. The van der Waals surface area contributed by atoms with Crippen molar-refractivity contribution in [2.75, 3.05) is 13.6 Å². The number of carboxylic acids is 1. The summed E-state index contributed by atoms with van der Waals surface area (Å²) in [5.74, 6) is -1.47. The van der Waals surface area contributed by atoms with Crippen LogP contribution in [0.5, 0.6) is 0 Å². The van der Waals surface area contributed by atoms with Crippen LogP contribution >= 0.6 is 0 Å². The quantitative estimate of drug-likeness (QED) is 0.572. The van der Waals surface area contributed by atoms with Gasteiger partial charge in [0.2, 0.25) is 5.91 Å². The van der Waals surface area contributed by atoms with Crippen molar-refractivity contribution in [2.45, 2.75) is 18.9 Å². The maximum absolute atomic E-state index is 11.5. The molecule has 0 fully saturated rings. The number of benzene rings is 1. The van der Waals surface area contributed by atoms with E-state index in [4.69, 9.17) is 5.11 Å². The van der Waals surface area contributed by atoms with Crippen LogP contribution in [0.4, 0.5) is 4.79 Å². The van der Waals surface area contributed by atoms with Gasteiger partial charge in [0.25, 0.3) is 0 Å². The highest BCUT2D eigenvalue weighted by Gasteiger charge is 2.19. The number of amides is 3. The average molecular weight is 293 g/mol. The number of carboxylic acid groups (broad SMARTS) is 1. The minimum absolute atomic E-state index is 0.201. The number of carbonyl (C=O) groups is 3. The van der Waals surface area contributed by atoms with Gasteiger partial charge in [0.15, 0.2) is 0 Å². The Morgan fingerprint density at radius 1 is 1.19 bits per heavy atom. The molecule has 0 unspecified atom stereocenters. The molecule has 0 aliphatic carbocycles. The first-order valence-corrected chi connectivity index (χ1v) is 6.54. The molecule has 114 valence electrons. The number of likely N-dealkylation sites (N-methyl/N-ethyl adjacent to an activating group) is 1. The predicted molar refractivity (Wildman–Crippen MR) is 76.8 cm³/mol. The van der Waals surface area contributed by atoms with Gasteiger partial charge in [-0.05, 0) is 18.4 Å². The predicted octanol–water partition coefficient (Wildman–Crippen LogP) is 0.118. The van der Waals surface area contributed by atoms with Crippen molar-refractivity contribution in [1.29, 1.82) is 0 Å². The largest absolute Gasteiger partial charge is 0.480 e. The summed E-state index contributed by atoms with van der Waals surface area (Å²) in [5.41, 5.74) is 0.997. The summed E-state index contributed by atoms with van der Waals surface area (Å²) in [6.07, 6.45) is 0.806. The van der Waals surface area contributed by atoms with E-state index in [1.807, 2.05) is 30.3 Å². The van der Waals surface area contributed by atoms with Gasteiger partial charge in [-0.3, -0.25) is 4.79 Å². The molecular formula is C14H19N3O4. The number of hydrogen-bond acceptors (Lipinski definition) is 3.